The molecule has 0 bridgehead atoms. The Hall–Kier alpha value is -3.00. The zero-order valence-corrected chi connectivity index (χ0v) is 21.9. The third-order valence-electron chi connectivity index (χ3n) is 6.03. The van der Waals surface area contributed by atoms with Gasteiger partial charge < -0.3 is 4.90 Å². The van der Waals surface area contributed by atoms with E-state index in [1.165, 1.54) is 11.3 Å². The average molecular weight is 504 g/mol. The predicted molar refractivity (Wildman–Crippen MR) is 147 cm³/mol. The number of rotatable bonds is 10. The number of hydrogen-bond acceptors (Lipinski definition) is 6. The molecule has 180 valence electrons. The molecule has 0 fully saturated rings. The summed E-state index contributed by atoms with van der Waals surface area (Å²) in [5.74, 6) is -0.167. The van der Waals surface area contributed by atoms with Crippen molar-refractivity contribution in [3.05, 3.63) is 89.5 Å². The van der Waals surface area contributed by atoms with Crippen molar-refractivity contribution in [2.75, 3.05) is 37.3 Å². The van der Waals surface area contributed by atoms with E-state index < -0.39 is 0 Å². The number of benzene rings is 3. The molecular formula is C28H29N3O2S2. The summed E-state index contributed by atoms with van der Waals surface area (Å²) in [6, 6.07) is 22.2. The molecule has 4 aromatic rings. The van der Waals surface area contributed by atoms with E-state index in [1.807, 2.05) is 36.6 Å². The zero-order valence-electron chi connectivity index (χ0n) is 20.2. The molecule has 5 nitrogen and oxygen atoms in total. The molecule has 0 saturated heterocycles. The molecule has 0 aliphatic carbocycles. The summed E-state index contributed by atoms with van der Waals surface area (Å²) in [5, 5.41) is 0.697. The van der Waals surface area contributed by atoms with E-state index in [0.717, 1.165) is 34.7 Å². The number of aromatic nitrogens is 1. The first-order valence-electron chi connectivity index (χ1n) is 11.7. The van der Waals surface area contributed by atoms with Gasteiger partial charge in [-0.25, -0.2) is 4.98 Å². The van der Waals surface area contributed by atoms with Gasteiger partial charge in [-0.2, -0.15) is 0 Å². The molecular weight excluding hydrogens is 474 g/mol. The Morgan fingerprint density at radius 1 is 0.829 bits per heavy atom. The second-order valence-corrected chi connectivity index (χ2v) is 9.92. The number of thioether (sulfide) groups is 1. The summed E-state index contributed by atoms with van der Waals surface area (Å²) >= 11 is 3.19. The maximum Gasteiger partial charge on any atom is 0.260 e. The van der Waals surface area contributed by atoms with Gasteiger partial charge in [0.25, 0.3) is 5.91 Å². The molecule has 0 unspecified atom stereocenters. The van der Waals surface area contributed by atoms with Gasteiger partial charge >= 0.3 is 0 Å². The van der Waals surface area contributed by atoms with Crippen molar-refractivity contribution >= 4 is 50.1 Å². The van der Waals surface area contributed by atoms with Crippen LogP contribution in [0.25, 0.3) is 10.2 Å². The topological polar surface area (TPSA) is 53.5 Å². The number of thiazole rings is 1. The molecule has 0 spiro atoms. The fourth-order valence-corrected chi connectivity index (χ4v) is 5.58. The Bertz CT molecular complexity index is 1300. The lowest BCUT2D eigenvalue weighted by Gasteiger charge is -2.24. The van der Waals surface area contributed by atoms with Crippen LogP contribution in [0.15, 0.2) is 77.7 Å². The van der Waals surface area contributed by atoms with Gasteiger partial charge in [-0.05, 0) is 43.6 Å². The number of anilines is 1. The Kier molecular flexibility index (Phi) is 8.33. The maximum absolute atomic E-state index is 13.7. The van der Waals surface area contributed by atoms with Crippen LogP contribution in [0.4, 0.5) is 5.13 Å². The van der Waals surface area contributed by atoms with E-state index in [-0.39, 0.29) is 11.7 Å². The minimum atomic E-state index is -0.111. The molecule has 4 rings (SSSR count). The van der Waals surface area contributed by atoms with Crippen LogP contribution in [0.5, 0.6) is 0 Å². The molecule has 35 heavy (non-hydrogen) atoms. The van der Waals surface area contributed by atoms with Gasteiger partial charge in [0.2, 0.25) is 0 Å². The predicted octanol–water partition coefficient (Wildman–Crippen LogP) is 6.24. The number of likely N-dealkylation sites (N-methyl/N-ethyl adjacent to an activating group) is 1. The number of ketones is 1. The molecule has 0 radical (unpaired) electrons. The normalized spacial score (nSPS) is 11.2. The van der Waals surface area contributed by atoms with Gasteiger partial charge in [0, 0.05) is 34.7 Å². The minimum absolute atomic E-state index is 0.0567. The van der Waals surface area contributed by atoms with Gasteiger partial charge in [-0.3, -0.25) is 14.5 Å². The minimum Gasteiger partial charge on any atom is -0.302 e. The first-order valence-corrected chi connectivity index (χ1v) is 13.8. The van der Waals surface area contributed by atoms with E-state index in [0.29, 0.717) is 28.4 Å². The monoisotopic (exact) mass is 503 g/mol. The zero-order chi connectivity index (χ0) is 24.8. The lowest BCUT2D eigenvalue weighted by molar-refractivity contribution is 0.0981. The summed E-state index contributed by atoms with van der Waals surface area (Å²) in [5.41, 5.74) is 2.67. The highest BCUT2D eigenvalue weighted by Gasteiger charge is 2.23. The number of nitrogens with zero attached hydrogens (tertiary/aromatic N) is 3. The van der Waals surface area contributed by atoms with Crippen LogP contribution in [0.1, 0.15) is 40.1 Å². The van der Waals surface area contributed by atoms with Crippen LogP contribution in [-0.2, 0) is 0 Å². The third kappa shape index (κ3) is 5.64. The summed E-state index contributed by atoms with van der Waals surface area (Å²) in [4.78, 5) is 36.5. The van der Waals surface area contributed by atoms with Crippen LogP contribution in [0.2, 0.25) is 0 Å². The van der Waals surface area contributed by atoms with Crippen molar-refractivity contribution < 1.29 is 9.59 Å². The summed E-state index contributed by atoms with van der Waals surface area (Å²) in [7, 11) is 0. The number of amides is 1. The Balaban J connectivity index is 1.64. The number of fused-ring (bicyclic) bond motifs is 1. The van der Waals surface area contributed by atoms with Crippen molar-refractivity contribution in [2.45, 2.75) is 18.7 Å². The van der Waals surface area contributed by atoms with Crippen LogP contribution in [0, 0.1) is 0 Å². The highest BCUT2D eigenvalue weighted by Crippen LogP contribution is 2.34. The largest absolute Gasteiger partial charge is 0.302 e. The number of para-hydroxylation sites is 1. The molecule has 3 aromatic carbocycles. The quantitative estimate of drug-likeness (QED) is 0.189. The van der Waals surface area contributed by atoms with Crippen LogP contribution in [0.3, 0.4) is 0 Å². The fraction of sp³-hybridized carbons (Fsp3) is 0.250. The van der Waals surface area contributed by atoms with Gasteiger partial charge in [0.1, 0.15) is 0 Å². The van der Waals surface area contributed by atoms with Gasteiger partial charge in [0.05, 0.1) is 10.2 Å². The fourth-order valence-electron chi connectivity index (χ4n) is 3.93. The van der Waals surface area contributed by atoms with E-state index in [4.69, 9.17) is 4.98 Å². The van der Waals surface area contributed by atoms with Gasteiger partial charge in [-0.1, -0.05) is 73.7 Å². The average Bonchev–Trinajstić information content (AvgIpc) is 3.35. The number of carbonyl (C=O) groups is 2. The van der Waals surface area contributed by atoms with E-state index in [1.54, 1.807) is 53.1 Å². The van der Waals surface area contributed by atoms with Crippen molar-refractivity contribution in [3.63, 3.8) is 0 Å². The maximum atomic E-state index is 13.7. The van der Waals surface area contributed by atoms with Crippen molar-refractivity contribution in [3.8, 4) is 0 Å². The van der Waals surface area contributed by atoms with Crippen molar-refractivity contribution in [1.29, 1.82) is 0 Å². The van der Waals surface area contributed by atoms with E-state index in [9.17, 15) is 9.59 Å². The van der Waals surface area contributed by atoms with Gasteiger partial charge in [0.15, 0.2) is 10.9 Å². The molecule has 7 heteroatoms. The third-order valence-corrected chi connectivity index (χ3v) is 7.84. The molecule has 1 heterocycles. The Labute approximate surface area is 214 Å². The van der Waals surface area contributed by atoms with E-state index in [2.05, 4.69) is 24.8 Å². The smallest absolute Gasteiger partial charge is 0.260 e. The molecule has 0 aliphatic rings. The Morgan fingerprint density at radius 2 is 1.49 bits per heavy atom. The van der Waals surface area contributed by atoms with Gasteiger partial charge in [-0.15, -0.1) is 11.8 Å². The number of carbonyl (C=O) groups excluding carboxylic acids is 2. The summed E-state index contributed by atoms with van der Waals surface area (Å²) in [6.45, 7) is 7.39. The molecule has 0 aliphatic heterocycles. The lowest BCUT2D eigenvalue weighted by atomic mass is 10.0. The highest BCUT2D eigenvalue weighted by molar-refractivity contribution is 7.98. The second-order valence-electron chi connectivity index (χ2n) is 8.06. The SMILES string of the molecule is CCN(CC)CCN(C(=O)c1ccc(C(=O)c2ccccc2)cc1)c1nc2c(SC)cccc2s1. The van der Waals surface area contributed by atoms with Crippen LogP contribution in [-0.4, -0.2) is 54.0 Å². The first-order chi connectivity index (χ1) is 17.0. The number of hydrogen-bond donors (Lipinski definition) is 0. The standard InChI is InChI=1S/C28H29N3O2S2/c1-4-30(5-2)18-19-31(28-29-25-23(34-3)12-9-13-24(25)35-28)27(33)22-16-14-21(15-17-22)26(32)20-10-7-6-8-11-20/h6-17H,4-5,18-19H2,1-3H3. The Morgan fingerprint density at radius 3 is 2.14 bits per heavy atom. The van der Waals surface area contributed by atoms with Crippen molar-refractivity contribution in [2.24, 2.45) is 0 Å². The van der Waals surface area contributed by atoms with Crippen LogP contribution < -0.4 is 4.90 Å². The van der Waals surface area contributed by atoms with Crippen molar-refractivity contribution in [1.82, 2.24) is 9.88 Å². The summed E-state index contributed by atoms with van der Waals surface area (Å²) < 4.78 is 1.07. The lowest BCUT2D eigenvalue weighted by Crippen LogP contribution is -2.38. The molecule has 1 aromatic heterocycles. The molecule has 0 saturated carbocycles. The molecule has 1 amide bonds. The molecule has 0 N–H and O–H groups in total. The highest BCUT2D eigenvalue weighted by atomic mass is 32.2. The van der Waals surface area contributed by atoms with Crippen LogP contribution >= 0.6 is 23.1 Å². The molecule has 0 atom stereocenters. The summed E-state index contributed by atoms with van der Waals surface area (Å²) in [6.07, 6.45) is 2.04. The first kappa shape index (κ1) is 25.1. The van der Waals surface area contributed by atoms with E-state index >= 15 is 0 Å². The second kappa shape index (κ2) is 11.6.